The Morgan fingerprint density at radius 3 is 2.88 bits per heavy atom. The Morgan fingerprint density at radius 1 is 1.50 bits per heavy atom. The fraction of sp³-hybridized carbons (Fsp3) is 0.692. The number of nitrogens with zero attached hydrogens (tertiary/aromatic N) is 1. The first-order valence-electron chi connectivity index (χ1n) is 6.17. The normalized spacial score (nSPS) is 13.2. The van der Waals surface area contributed by atoms with Crippen LogP contribution in [0.3, 0.4) is 0 Å². The Balaban J connectivity index is 2.21. The van der Waals surface area contributed by atoms with Crippen LogP contribution in [0.5, 0.6) is 0 Å². The van der Waals surface area contributed by atoms with Crippen molar-refractivity contribution in [1.82, 2.24) is 4.90 Å². The quantitative estimate of drug-likeness (QED) is 0.757. The Hall–Kier alpha value is -0.380. The van der Waals surface area contributed by atoms with Crippen LogP contribution in [0.4, 0.5) is 0 Å². The molecule has 1 aromatic heterocycles. The highest BCUT2D eigenvalue weighted by Crippen LogP contribution is 2.11. The second-order valence-corrected chi connectivity index (χ2v) is 5.51. The number of nitrogens with two attached hydrogens (primary N) is 1. The van der Waals surface area contributed by atoms with Gasteiger partial charge in [0.05, 0.1) is 0 Å². The minimum atomic E-state index is 0.665. The van der Waals surface area contributed by atoms with Crippen LogP contribution in [-0.2, 0) is 6.42 Å². The predicted octanol–water partition coefficient (Wildman–Crippen LogP) is 2.60. The molecule has 1 rings (SSSR count). The summed E-state index contributed by atoms with van der Waals surface area (Å²) >= 11 is 1.85. The number of likely N-dealkylation sites (N-methyl/N-ethyl adjacent to an activating group) is 1. The lowest BCUT2D eigenvalue weighted by molar-refractivity contribution is 0.273. The lowest BCUT2D eigenvalue weighted by Crippen LogP contribution is -2.31. The van der Waals surface area contributed by atoms with E-state index < -0.39 is 0 Å². The van der Waals surface area contributed by atoms with Crippen LogP contribution in [0.2, 0.25) is 0 Å². The molecule has 2 N–H and O–H groups in total. The maximum absolute atomic E-state index is 5.77. The van der Waals surface area contributed by atoms with Crippen molar-refractivity contribution in [2.24, 2.45) is 11.7 Å². The fourth-order valence-corrected chi connectivity index (χ4v) is 2.68. The van der Waals surface area contributed by atoms with Crippen molar-refractivity contribution in [3.63, 3.8) is 0 Å². The first-order chi connectivity index (χ1) is 7.76. The molecule has 1 aromatic rings. The van der Waals surface area contributed by atoms with E-state index in [0.29, 0.717) is 5.92 Å². The van der Waals surface area contributed by atoms with E-state index in [9.17, 15) is 0 Å². The van der Waals surface area contributed by atoms with Gasteiger partial charge in [0.2, 0.25) is 0 Å². The number of thiophene rings is 1. The Morgan fingerprint density at radius 2 is 2.31 bits per heavy atom. The molecule has 0 aliphatic heterocycles. The van der Waals surface area contributed by atoms with Crippen molar-refractivity contribution in [3.05, 3.63) is 22.4 Å². The fourth-order valence-electron chi connectivity index (χ4n) is 1.98. The van der Waals surface area contributed by atoms with Gasteiger partial charge in [-0.25, -0.2) is 0 Å². The van der Waals surface area contributed by atoms with Crippen molar-refractivity contribution < 1.29 is 0 Å². The highest BCUT2D eigenvalue weighted by molar-refractivity contribution is 7.09. The maximum Gasteiger partial charge on any atom is 0.00579 e. The standard InChI is InChI=1S/C13H24N2S/c1-3-5-12(10-14)11-15(2)8-7-13-6-4-9-16-13/h4,6,9,12H,3,5,7-8,10-11,14H2,1-2H3. The molecule has 0 fully saturated rings. The minimum Gasteiger partial charge on any atom is -0.330 e. The summed E-state index contributed by atoms with van der Waals surface area (Å²) in [6, 6.07) is 4.34. The van der Waals surface area contributed by atoms with Gasteiger partial charge < -0.3 is 10.6 Å². The van der Waals surface area contributed by atoms with Crippen LogP contribution in [0.25, 0.3) is 0 Å². The molecule has 0 aliphatic carbocycles. The molecule has 1 unspecified atom stereocenters. The molecule has 0 saturated carbocycles. The summed E-state index contributed by atoms with van der Waals surface area (Å²) in [7, 11) is 2.20. The van der Waals surface area contributed by atoms with Crippen molar-refractivity contribution in [2.45, 2.75) is 26.2 Å². The first-order valence-corrected chi connectivity index (χ1v) is 7.05. The van der Waals surface area contributed by atoms with Crippen LogP contribution in [0.15, 0.2) is 17.5 Å². The zero-order valence-electron chi connectivity index (χ0n) is 10.5. The van der Waals surface area contributed by atoms with Gasteiger partial charge in [0, 0.05) is 18.0 Å². The van der Waals surface area contributed by atoms with Gasteiger partial charge >= 0.3 is 0 Å². The molecule has 0 saturated heterocycles. The molecule has 0 aromatic carbocycles. The van der Waals surface area contributed by atoms with Gasteiger partial charge in [-0.2, -0.15) is 0 Å². The number of hydrogen-bond donors (Lipinski definition) is 1. The van der Waals surface area contributed by atoms with Crippen molar-refractivity contribution in [2.75, 3.05) is 26.7 Å². The second kappa shape index (κ2) is 7.82. The van der Waals surface area contributed by atoms with E-state index in [4.69, 9.17) is 5.73 Å². The van der Waals surface area contributed by atoms with E-state index in [2.05, 4.69) is 36.4 Å². The lowest BCUT2D eigenvalue weighted by atomic mass is 10.0. The zero-order valence-corrected chi connectivity index (χ0v) is 11.3. The summed E-state index contributed by atoms with van der Waals surface area (Å²) in [6.07, 6.45) is 3.65. The SMILES string of the molecule is CCCC(CN)CN(C)CCc1cccs1. The summed E-state index contributed by atoms with van der Waals surface area (Å²) in [5.74, 6) is 0.665. The molecule has 92 valence electrons. The molecule has 2 nitrogen and oxygen atoms in total. The predicted molar refractivity (Wildman–Crippen MR) is 73.0 cm³/mol. The molecule has 16 heavy (non-hydrogen) atoms. The van der Waals surface area contributed by atoms with Crippen molar-refractivity contribution >= 4 is 11.3 Å². The van der Waals surface area contributed by atoms with Crippen LogP contribution < -0.4 is 5.73 Å². The highest BCUT2D eigenvalue weighted by atomic mass is 32.1. The van der Waals surface area contributed by atoms with E-state index >= 15 is 0 Å². The molecule has 3 heteroatoms. The summed E-state index contributed by atoms with van der Waals surface area (Å²) in [6.45, 7) is 5.32. The number of rotatable bonds is 8. The van der Waals surface area contributed by atoms with Crippen LogP contribution in [0, 0.1) is 5.92 Å². The summed E-state index contributed by atoms with van der Waals surface area (Å²) in [5.41, 5.74) is 5.77. The average molecular weight is 240 g/mol. The summed E-state index contributed by atoms with van der Waals surface area (Å²) in [5, 5.41) is 2.15. The van der Waals surface area contributed by atoms with E-state index in [1.807, 2.05) is 11.3 Å². The van der Waals surface area contributed by atoms with E-state index in [1.54, 1.807) is 0 Å². The third-order valence-electron chi connectivity index (χ3n) is 2.92. The van der Waals surface area contributed by atoms with Gasteiger partial charge in [-0.3, -0.25) is 0 Å². The second-order valence-electron chi connectivity index (χ2n) is 4.48. The molecule has 1 heterocycles. The Bertz CT molecular complexity index is 259. The van der Waals surface area contributed by atoms with Gasteiger partial charge in [-0.1, -0.05) is 19.4 Å². The number of hydrogen-bond acceptors (Lipinski definition) is 3. The largest absolute Gasteiger partial charge is 0.330 e. The summed E-state index contributed by atoms with van der Waals surface area (Å²) in [4.78, 5) is 3.89. The van der Waals surface area contributed by atoms with E-state index in [1.165, 1.54) is 17.7 Å². The third kappa shape index (κ3) is 5.10. The van der Waals surface area contributed by atoms with Crippen molar-refractivity contribution in [3.8, 4) is 0 Å². The zero-order chi connectivity index (χ0) is 11.8. The molecular formula is C13H24N2S. The van der Waals surface area contributed by atoms with Crippen LogP contribution in [0.1, 0.15) is 24.6 Å². The molecule has 1 atom stereocenters. The van der Waals surface area contributed by atoms with Gasteiger partial charge in [0.25, 0.3) is 0 Å². The average Bonchev–Trinajstić information content (AvgIpc) is 2.78. The molecular weight excluding hydrogens is 216 g/mol. The van der Waals surface area contributed by atoms with Crippen molar-refractivity contribution in [1.29, 1.82) is 0 Å². The van der Waals surface area contributed by atoms with Crippen LogP contribution >= 0.6 is 11.3 Å². The van der Waals surface area contributed by atoms with Gasteiger partial charge in [0.1, 0.15) is 0 Å². The highest BCUT2D eigenvalue weighted by Gasteiger charge is 2.09. The topological polar surface area (TPSA) is 29.3 Å². The monoisotopic (exact) mass is 240 g/mol. The Labute approximate surface area is 103 Å². The Kier molecular flexibility index (Phi) is 6.69. The van der Waals surface area contributed by atoms with E-state index in [0.717, 1.165) is 26.1 Å². The molecule has 0 aliphatic rings. The third-order valence-corrected chi connectivity index (χ3v) is 3.86. The van der Waals surface area contributed by atoms with Crippen LogP contribution in [-0.4, -0.2) is 31.6 Å². The van der Waals surface area contributed by atoms with Gasteiger partial charge in [-0.05, 0) is 43.8 Å². The molecule has 0 bridgehead atoms. The minimum absolute atomic E-state index is 0.665. The molecule has 0 amide bonds. The molecule has 0 spiro atoms. The van der Waals surface area contributed by atoms with E-state index in [-0.39, 0.29) is 0 Å². The smallest absolute Gasteiger partial charge is 0.00579 e. The van der Waals surface area contributed by atoms with Gasteiger partial charge in [0.15, 0.2) is 0 Å². The molecule has 0 radical (unpaired) electrons. The maximum atomic E-state index is 5.77. The first kappa shape index (κ1) is 13.7. The summed E-state index contributed by atoms with van der Waals surface area (Å²) < 4.78 is 0. The lowest BCUT2D eigenvalue weighted by Gasteiger charge is -2.22. The van der Waals surface area contributed by atoms with Gasteiger partial charge in [-0.15, -0.1) is 11.3 Å².